The highest BCUT2D eigenvalue weighted by atomic mass is 15.0. The first kappa shape index (κ1) is 20.9. The molecule has 0 bridgehead atoms. The van der Waals surface area contributed by atoms with Crippen LogP contribution in [-0.2, 0) is 0 Å². The van der Waals surface area contributed by atoms with E-state index in [1.807, 2.05) is 65.2 Å². The molecule has 44 heavy (non-hydrogen) atoms. The van der Waals surface area contributed by atoms with E-state index in [0.717, 1.165) is 49.7 Å². The van der Waals surface area contributed by atoms with Crippen molar-refractivity contribution in [3.8, 4) is 33.6 Å². The highest BCUT2D eigenvalue weighted by molar-refractivity contribution is 6.12. The summed E-state index contributed by atoms with van der Waals surface area (Å²) in [4.78, 5) is 0. The summed E-state index contributed by atoms with van der Waals surface area (Å²) in [6.45, 7) is 0. The topological polar surface area (TPSA) is 9.86 Å². The minimum absolute atomic E-state index is 0.0530. The molecule has 0 amide bonds. The number of rotatable bonds is 4. The van der Waals surface area contributed by atoms with Gasteiger partial charge in [-0.05, 0) is 82.9 Å². The van der Waals surface area contributed by atoms with E-state index in [1.165, 1.54) is 10.8 Å². The average Bonchev–Trinajstić information content (AvgIpc) is 3.64. The van der Waals surface area contributed by atoms with Crippen LogP contribution in [-0.4, -0.2) is 9.13 Å². The van der Waals surface area contributed by atoms with Gasteiger partial charge in [0.25, 0.3) is 0 Å². The highest BCUT2D eigenvalue weighted by Gasteiger charge is 2.16. The van der Waals surface area contributed by atoms with Crippen molar-refractivity contribution in [2.24, 2.45) is 0 Å². The lowest BCUT2D eigenvalue weighted by Crippen LogP contribution is -1.93. The molecule has 0 aliphatic rings. The molecule has 0 saturated carbocycles. The summed E-state index contributed by atoms with van der Waals surface area (Å²) in [5.74, 6) is 0. The van der Waals surface area contributed by atoms with Gasteiger partial charge in [0.1, 0.15) is 0 Å². The molecule has 0 N–H and O–H groups in total. The van der Waals surface area contributed by atoms with Gasteiger partial charge in [0.2, 0.25) is 0 Å². The van der Waals surface area contributed by atoms with Crippen molar-refractivity contribution in [2.45, 2.75) is 0 Å². The van der Waals surface area contributed by atoms with Crippen LogP contribution in [0.15, 0.2) is 170 Å². The van der Waals surface area contributed by atoms with Gasteiger partial charge in [0, 0.05) is 32.9 Å². The van der Waals surface area contributed by atoms with Crippen LogP contribution in [0.1, 0.15) is 5.48 Å². The molecule has 9 aromatic rings. The third kappa shape index (κ3) is 3.82. The van der Waals surface area contributed by atoms with Gasteiger partial charge in [-0.3, -0.25) is 0 Å². The van der Waals surface area contributed by atoms with E-state index in [-0.39, 0.29) is 29.9 Å². The fraction of sp³-hybridized carbons (Fsp3) is 0. The van der Waals surface area contributed by atoms with E-state index in [9.17, 15) is 0 Å². The van der Waals surface area contributed by atoms with E-state index in [0.29, 0.717) is 11.1 Å². The van der Waals surface area contributed by atoms with Gasteiger partial charge in [-0.2, -0.15) is 0 Å². The molecule has 7 aromatic carbocycles. The SMILES string of the molecule is [2H]c1c([2H])c(-n2c3ccccc3c3cc(-c4ccc5c(c4)c4ccccc4n5-c4ccccc4)ccc32)c([2H])c([2H])c1-c1ccccc1. The Labute approximate surface area is 261 Å². The Kier molecular flexibility index (Phi) is 4.69. The fourth-order valence-corrected chi connectivity index (χ4v) is 6.57. The first-order chi connectivity index (χ1) is 23.5. The molecule has 0 spiro atoms. The van der Waals surface area contributed by atoms with Crippen LogP contribution in [0.25, 0.3) is 77.2 Å². The number of hydrogen-bond acceptors (Lipinski definition) is 0. The lowest BCUT2D eigenvalue weighted by molar-refractivity contribution is 1.18. The number of para-hydroxylation sites is 3. The summed E-state index contributed by atoms with van der Waals surface area (Å²) in [7, 11) is 0. The molecule has 0 aliphatic heterocycles. The predicted molar refractivity (Wildman–Crippen MR) is 186 cm³/mol. The predicted octanol–water partition coefficient (Wildman–Crippen LogP) is 11.2. The molecule has 0 radical (unpaired) electrons. The zero-order valence-corrected chi connectivity index (χ0v) is 23.8. The number of benzene rings is 7. The third-order valence-electron chi connectivity index (χ3n) is 8.59. The van der Waals surface area contributed by atoms with Gasteiger partial charge in [-0.15, -0.1) is 0 Å². The maximum Gasteiger partial charge on any atom is 0.0645 e. The lowest BCUT2D eigenvalue weighted by atomic mass is 10.0. The lowest BCUT2D eigenvalue weighted by Gasteiger charge is -2.10. The highest BCUT2D eigenvalue weighted by Crippen LogP contribution is 2.38. The van der Waals surface area contributed by atoms with Crippen LogP contribution in [0.2, 0.25) is 0 Å². The Morgan fingerprint density at radius 1 is 0.318 bits per heavy atom. The summed E-state index contributed by atoms with van der Waals surface area (Å²) in [5.41, 5.74) is 8.46. The van der Waals surface area contributed by atoms with E-state index >= 15 is 0 Å². The second-order valence-corrected chi connectivity index (χ2v) is 11.1. The van der Waals surface area contributed by atoms with Gasteiger partial charge in [-0.25, -0.2) is 0 Å². The Bertz CT molecular complexity index is 2680. The van der Waals surface area contributed by atoms with E-state index in [4.69, 9.17) is 5.48 Å². The molecule has 9 rings (SSSR count). The Balaban J connectivity index is 1.25. The van der Waals surface area contributed by atoms with Crippen LogP contribution in [0.4, 0.5) is 0 Å². The maximum absolute atomic E-state index is 9.12. The Hall–Kier alpha value is -5.86. The standard InChI is InChI=1S/C42H28N2/c1-3-11-29(12-4-1)30-19-23-34(24-20-30)44-40-18-10-8-16-36(40)38-28-32(22-26-42(38)44)31-21-25-41-37(27-31)35-15-7-9-17-39(35)43(41)33-13-5-2-6-14-33/h1-28H/i19D,20D,23D,24D. The number of aromatic nitrogens is 2. The van der Waals surface area contributed by atoms with Crippen molar-refractivity contribution in [1.29, 1.82) is 0 Å². The quantitative estimate of drug-likeness (QED) is 0.201. The summed E-state index contributed by atoms with van der Waals surface area (Å²) in [6.07, 6.45) is 0. The molecule has 2 nitrogen and oxygen atoms in total. The van der Waals surface area contributed by atoms with Gasteiger partial charge in [0.05, 0.1) is 27.5 Å². The molecule has 2 heteroatoms. The smallest absolute Gasteiger partial charge is 0.0645 e. The molecule has 0 unspecified atom stereocenters. The van der Waals surface area contributed by atoms with E-state index < -0.39 is 0 Å². The zero-order chi connectivity index (χ0) is 32.5. The molecule has 0 atom stereocenters. The molecular formula is C42H28N2. The van der Waals surface area contributed by atoms with Gasteiger partial charge in [0.15, 0.2) is 0 Å². The average molecular weight is 565 g/mol. The molecule has 0 fully saturated rings. The van der Waals surface area contributed by atoms with E-state index in [1.54, 1.807) is 0 Å². The molecule has 2 aromatic heterocycles. The second kappa shape index (κ2) is 9.86. The summed E-state index contributed by atoms with van der Waals surface area (Å²) in [6, 6.07) is 48.9. The monoisotopic (exact) mass is 564 g/mol. The third-order valence-corrected chi connectivity index (χ3v) is 8.59. The Morgan fingerprint density at radius 2 is 0.773 bits per heavy atom. The van der Waals surface area contributed by atoms with Crippen LogP contribution in [0, 0.1) is 0 Å². The molecule has 206 valence electrons. The van der Waals surface area contributed by atoms with Crippen molar-refractivity contribution in [3.63, 3.8) is 0 Å². The minimum atomic E-state index is -0.0677. The van der Waals surface area contributed by atoms with Gasteiger partial charge < -0.3 is 9.13 Å². The van der Waals surface area contributed by atoms with Crippen LogP contribution >= 0.6 is 0 Å². The van der Waals surface area contributed by atoms with Crippen molar-refractivity contribution in [2.75, 3.05) is 0 Å². The van der Waals surface area contributed by atoms with Crippen molar-refractivity contribution in [1.82, 2.24) is 9.13 Å². The molecule has 0 aliphatic carbocycles. The molecule has 2 heterocycles. The number of fused-ring (bicyclic) bond motifs is 6. The molecule has 0 saturated heterocycles. The fourth-order valence-electron chi connectivity index (χ4n) is 6.57. The number of nitrogens with zero attached hydrogens (tertiary/aromatic N) is 2. The molecular weight excluding hydrogens is 532 g/mol. The number of hydrogen-bond donors (Lipinski definition) is 0. The normalized spacial score (nSPS) is 12.9. The van der Waals surface area contributed by atoms with Gasteiger partial charge in [-0.1, -0.05) is 109 Å². The summed E-state index contributed by atoms with van der Waals surface area (Å²) < 4.78 is 40.3. The Morgan fingerprint density at radius 3 is 1.34 bits per heavy atom. The van der Waals surface area contributed by atoms with Crippen molar-refractivity contribution >= 4 is 43.6 Å². The van der Waals surface area contributed by atoms with Crippen molar-refractivity contribution in [3.05, 3.63) is 170 Å². The minimum Gasteiger partial charge on any atom is -0.309 e. The summed E-state index contributed by atoms with van der Waals surface area (Å²) in [5, 5.41) is 4.34. The van der Waals surface area contributed by atoms with Crippen LogP contribution in [0.5, 0.6) is 0 Å². The first-order valence-corrected chi connectivity index (χ1v) is 14.8. The van der Waals surface area contributed by atoms with Crippen molar-refractivity contribution < 1.29 is 5.48 Å². The van der Waals surface area contributed by atoms with Crippen LogP contribution < -0.4 is 0 Å². The zero-order valence-electron chi connectivity index (χ0n) is 27.8. The maximum atomic E-state index is 9.12. The van der Waals surface area contributed by atoms with Crippen LogP contribution in [0.3, 0.4) is 0 Å². The second-order valence-electron chi connectivity index (χ2n) is 11.1. The van der Waals surface area contributed by atoms with E-state index in [2.05, 4.69) is 89.5 Å². The largest absolute Gasteiger partial charge is 0.309 e. The van der Waals surface area contributed by atoms with Gasteiger partial charge >= 0.3 is 0 Å². The first-order valence-electron chi connectivity index (χ1n) is 16.8. The summed E-state index contributed by atoms with van der Waals surface area (Å²) >= 11 is 0.